The van der Waals surface area contributed by atoms with E-state index in [1.54, 1.807) is 0 Å². The Kier molecular flexibility index (Phi) is 5.40. The van der Waals surface area contributed by atoms with Crippen LogP contribution in [0.3, 0.4) is 0 Å². The van der Waals surface area contributed by atoms with Gasteiger partial charge in [0.05, 0.1) is 6.04 Å². The van der Waals surface area contributed by atoms with Gasteiger partial charge in [0.2, 0.25) is 0 Å². The van der Waals surface area contributed by atoms with Crippen LogP contribution < -0.4 is 10.1 Å². The highest BCUT2D eigenvalue weighted by atomic mass is 16.5. The second kappa shape index (κ2) is 7.28. The molecule has 0 amide bonds. The van der Waals surface area contributed by atoms with Crippen LogP contribution in [0.4, 0.5) is 0 Å². The Labute approximate surface area is 128 Å². The van der Waals surface area contributed by atoms with Gasteiger partial charge in [-0.1, -0.05) is 54.4 Å². The fraction of sp³-hybridized carbons (Fsp3) is 0.368. The van der Waals surface area contributed by atoms with E-state index in [9.17, 15) is 0 Å². The Morgan fingerprint density at radius 1 is 0.952 bits per heavy atom. The summed E-state index contributed by atoms with van der Waals surface area (Å²) >= 11 is 0. The molecule has 0 fully saturated rings. The number of hydrogen-bond donors (Lipinski definition) is 1. The molecule has 112 valence electrons. The molecule has 1 atom stereocenters. The van der Waals surface area contributed by atoms with Gasteiger partial charge in [-0.15, -0.1) is 0 Å². The molecule has 2 aromatic carbocycles. The molecule has 0 heterocycles. The van der Waals surface area contributed by atoms with Gasteiger partial charge in [-0.3, -0.25) is 0 Å². The molecule has 2 aromatic rings. The lowest BCUT2D eigenvalue weighted by Crippen LogP contribution is -2.26. The van der Waals surface area contributed by atoms with Crippen LogP contribution >= 0.6 is 0 Å². The lowest BCUT2D eigenvalue weighted by atomic mass is 10.1. The van der Waals surface area contributed by atoms with E-state index in [1.165, 1.54) is 22.3 Å². The zero-order valence-electron chi connectivity index (χ0n) is 13.4. The van der Waals surface area contributed by atoms with Crippen molar-refractivity contribution < 1.29 is 4.74 Å². The van der Waals surface area contributed by atoms with Gasteiger partial charge in [-0.2, -0.15) is 0 Å². The van der Waals surface area contributed by atoms with Crippen molar-refractivity contribution in [1.82, 2.24) is 5.32 Å². The number of benzene rings is 2. The summed E-state index contributed by atoms with van der Waals surface area (Å²) in [5.41, 5.74) is 5.01. The minimum atomic E-state index is 0.219. The van der Waals surface area contributed by atoms with Crippen LogP contribution in [0.2, 0.25) is 0 Å². The summed E-state index contributed by atoms with van der Waals surface area (Å²) in [7, 11) is 0. The fourth-order valence-electron chi connectivity index (χ4n) is 2.45. The first-order valence-electron chi connectivity index (χ1n) is 7.60. The Bertz CT molecular complexity index is 575. The molecule has 0 saturated heterocycles. The molecule has 2 heteroatoms. The summed E-state index contributed by atoms with van der Waals surface area (Å²) in [6.45, 7) is 9.99. The maximum absolute atomic E-state index is 6.03. The number of nitrogens with one attached hydrogen (secondary N) is 1. The van der Waals surface area contributed by atoms with Crippen molar-refractivity contribution in [2.24, 2.45) is 0 Å². The second-order valence-corrected chi connectivity index (χ2v) is 5.60. The predicted molar refractivity (Wildman–Crippen MR) is 89.0 cm³/mol. The van der Waals surface area contributed by atoms with Crippen molar-refractivity contribution in [3.05, 3.63) is 64.7 Å². The molecule has 0 aliphatic rings. The number of aryl methyl sites for hydroxylation is 3. The van der Waals surface area contributed by atoms with Crippen molar-refractivity contribution in [2.75, 3.05) is 13.2 Å². The van der Waals surface area contributed by atoms with Crippen molar-refractivity contribution in [2.45, 2.75) is 33.7 Å². The molecule has 21 heavy (non-hydrogen) atoms. The average molecular weight is 283 g/mol. The number of rotatable bonds is 6. The van der Waals surface area contributed by atoms with Gasteiger partial charge in [0, 0.05) is 0 Å². The van der Waals surface area contributed by atoms with Crippen molar-refractivity contribution in [3.8, 4) is 5.75 Å². The van der Waals surface area contributed by atoms with E-state index in [0.717, 1.165) is 12.3 Å². The van der Waals surface area contributed by atoms with Gasteiger partial charge < -0.3 is 10.1 Å². The molecular weight excluding hydrogens is 258 g/mol. The third-order valence-corrected chi connectivity index (χ3v) is 3.67. The summed E-state index contributed by atoms with van der Waals surface area (Å²) in [6, 6.07) is 15.2. The maximum Gasteiger partial charge on any atom is 0.122 e. The molecular formula is C19H25NO. The Hall–Kier alpha value is -1.80. The van der Waals surface area contributed by atoms with Gasteiger partial charge in [-0.05, 0) is 44.5 Å². The molecule has 0 spiro atoms. The van der Waals surface area contributed by atoms with Crippen molar-refractivity contribution in [3.63, 3.8) is 0 Å². The zero-order chi connectivity index (χ0) is 15.2. The van der Waals surface area contributed by atoms with Gasteiger partial charge in [0.1, 0.15) is 12.4 Å². The minimum Gasteiger partial charge on any atom is -0.491 e. The summed E-state index contributed by atoms with van der Waals surface area (Å²) in [6.07, 6.45) is 0. The zero-order valence-corrected chi connectivity index (χ0v) is 13.4. The molecule has 0 radical (unpaired) electrons. The van der Waals surface area contributed by atoms with E-state index >= 15 is 0 Å². The monoisotopic (exact) mass is 283 g/mol. The molecule has 1 N–H and O–H groups in total. The summed E-state index contributed by atoms with van der Waals surface area (Å²) in [5.74, 6) is 0.968. The van der Waals surface area contributed by atoms with E-state index in [4.69, 9.17) is 4.74 Å². The summed E-state index contributed by atoms with van der Waals surface area (Å²) < 4.78 is 6.03. The highest BCUT2D eigenvalue weighted by Gasteiger charge is 2.11. The SMILES string of the molecule is CCNC(COc1ccc(C)cc1C)c1ccc(C)cc1. The number of hydrogen-bond acceptors (Lipinski definition) is 2. The first kappa shape index (κ1) is 15.6. The largest absolute Gasteiger partial charge is 0.491 e. The third-order valence-electron chi connectivity index (χ3n) is 3.67. The van der Waals surface area contributed by atoms with Gasteiger partial charge in [-0.25, -0.2) is 0 Å². The van der Waals surface area contributed by atoms with E-state index in [0.29, 0.717) is 6.61 Å². The van der Waals surface area contributed by atoms with E-state index in [-0.39, 0.29) is 6.04 Å². The molecule has 1 unspecified atom stereocenters. The second-order valence-electron chi connectivity index (χ2n) is 5.60. The van der Waals surface area contributed by atoms with E-state index in [1.807, 2.05) is 0 Å². The van der Waals surface area contributed by atoms with Gasteiger partial charge >= 0.3 is 0 Å². The number of likely N-dealkylation sites (N-methyl/N-ethyl adjacent to an activating group) is 1. The molecule has 0 aromatic heterocycles. The molecule has 2 nitrogen and oxygen atoms in total. The molecule has 0 bridgehead atoms. The van der Waals surface area contributed by atoms with Crippen LogP contribution in [0, 0.1) is 20.8 Å². The third kappa shape index (κ3) is 4.33. The molecule has 0 saturated carbocycles. The highest BCUT2D eigenvalue weighted by Crippen LogP contribution is 2.21. The van der Waals surface area contributed by atoms with Crippen LogP contribution in [0.1, 0.15) is 35.2 Å². The Morgan fingerprint density at radius 2 is 1.62 bits per heavy atom. The van der Waals surface area contributed by atoms with Crippen molar-refractivity contribution in [1.29, 1.82) is 0 Å². The van der Waals surface area contributed by atoms with Crippen LogP contribution in [-0.4, -0.2) is 13.2 Å². The highest BCUT2D eigenvalue weighted by molar-refractivity contribution is 5.35. The summed E-state index contributed by atoms with van der Waals surface area (Å²) in [5, 5.41) is 3.49. The van der Waals surface area contributed by atoms with Gasteiger partial charge in [0.15, 0.2) is 0 Å². The Morgan fingerprint density at radius 3 is 2.24 bits per heavy atom. The van der Waals surface area contributed by atoms with E-state index in [2.05, 4.69) is 75.5 Å². The molecule has 0 aliphatic heterocycles. The smallest absolute Gasteiger partial charge is 0.122 e. The van der Waals surface area contributed by atoms with Crippen LogP contribution in [0.15, 0.2) is 42.5 Å². The predicted octanol–water partition coefficient (Wildman–Crippen LogP) is 4.34. The standard InChI is InChI=1S/C19H25NO/c1-5-20-18(17-9-6-14(2)7-10-17)13-21-19-11-8-15(3)12-16(19)4/h6-12,18,20H,5,13H2,1-4H3. The average Bonchev–Trinajstić information content (AvgIpc) is 2.46. The first-order chi connectivity index (χ1) is 10.1. The quantitative estimate of drug-likeness (QED) is 0.851. The van der Waals surface area contributed by atoms with Crippen molar-refractivity contribution >= 4 is 0 Å². The van der Waals surface area contributed by atoms with Crippen LogP contribution in [0.5, 0.6) is 5.75 Å². The maximum atomic E-state index is 6.03. The van der Waals surface area contributed by atoms with Gasteiger partial charge in [0.25, 0.3) is 0 Å². The van der Waals surface area contributed by atoms with Crippen LogP contribution in [0.25, 0.3) is 0 Å². The number of ether oxygens (including phenoxy) is 1. The topological polar surface area (TPSA) is 21.3 Å². The first-order valence-corrected chi connectivity index (χ1v) is 7.60. The van der Waals surface area contributed by atoms with E-state index < -0.39 is 0 Å². The lowest BCUT2D eigenvalue weighted by Gasteiger charge is -2.20. The minimum absolute atomic E-state index is 0.219. The van der Waals surface area contributed by atoms with Crippen LogP contribution in [-0.2, 0) is 0 Å². The molecule has 0 aliphatic carbocycles. The normalized spacial score (nSPS) is 12.2. The molecule has 2 rings (SSSR count). The Balaban J connectivity index is 2.07. The summed E-state index contributed by atoms with van der Waals surface area (Å²) in [4.78, 5) is 0. The lowest BCUT2D eigenvalue weighted by molar-refractivity contribution is 0.266. The fourth-order valence-corrected chi connectivity index (χ4v) is 2.45.